The number of fused-ring (bicyclic) bond motifs is 3. The summed E-state index contributed by atoms with van der Waals surface area (Å²) in [6.07, 6.45) is 6.46. The van der Waals surface area contributed by atoms with Gasteiger partial charge in [0.25, 0.3) is 0 Å². The van der Waals surface area contributed by atoms with Crippen molar-refractivity contribution >= 4 is 34.6 Å². The predicted molar refractivity (Wildman–Crippen MR) is 79.8 cm³/mol. The Morgan fingerprint density at radius 1 is 1.32 bits per heavy atom. The lowest BCUT2D eigenvalue weighted by molar-refractivity contribution is -0.113. The lowest BCUT2D eigenvalue weighted by Crippen LogP contribution is -2.02. The van der Waals surface area contributed by atoms with E-state index in [0.717, 1.165) is 24.0 Å². The zero-order chi connectivity index (χ0) is 13.6. The van der Waals surface area contributed by atoms with Crippen LogP contribution >= 0.6 is 23.2 Å². The van der Waals surface area contributed by atoms with Gasteiger partial charge in [-0.25, -0.2) is 0 Å². The van der Waals surface area contributed by atoms with E-state index >= 15 is 0 Å². The van der Waals surface area contributed by atoms with Crippen molar-refractivity contribution in [3.8, 4) is 0 Å². The SMILES string of the molecule is CCCC1C2=CCC(=O)C=C2c2c1ccc(Cl)c2Cl. The number of ketones is 1. The molecule has 98 valence electrons. The number of carbonyl (C=O) groups excluding carboxylic acids is 1. The summed E-state index contributed by atoms with van der Waals surface area (Å²) >= 11 is 12.5. The first-order valence-corrected chi connectivity index (χ1v) is 7.32. The van der Waals surface area contributed by atoms with E-state index in [1.165, 1.54) is 11.1 Å². The molecule has 0 bridgehead atoms. The van der Waals surface area contributed by atoms with Crippen LogP contribution in [-0.4, -0.2) is 5.78 Å². The average Bonchev–Trinajstić information content (AvgIpc) is 2.69. The molecule has 0 amide bonds. The summed E-state index contributed by atoms with van der Waals surface area (Å²) in [5.74, 6) is 0.493. The number of allylic oxidation sites excluding steroid dienone is 4. The molecule has 0 heterocycles. The van der Waals surface area contributed by atoms with Gasteiger partial charge in [0.1, 0.15) is 0 Å². The summed E-state index contributed by atoms with van der Waals surface area (Å²) < 4.78 is 0. The second-order valence-electron chi connectivity index (χ2n) is 5.05. The Balaban J connectivity index is 2.25. The Labute approximate surface area is 122 Å². The summed E-state index contributed by atoms with van der Waals surface area (Å²) in [7, 11) is 0. The lowest BCUT2D eigenvalue weighted by atomic mass is 9.89. The van der Waals surface area contributed by atoms with Crippen LogP contribution < -0.4 is 0 Å². The van der Waals surface area contributed by atoms with Gasteiger partial charge in [-0.2, -0.15) is 0 Å². The molecule has 3 rings (SSSR count). The number of benzene rings is 1. The summed E-state index contributed by atoms with van der Waals surface area (Å²) in [6.45, 7) is 2.17. The van der Waals surface area contributed by atoms with Crippen LogP contribution in [0.4, 0.5) is 0 Å². The van der Waals surface area contributed by atoms with Gasteiger partial charge in [0.2, 0.25) is 0 Å². The molecule has 0 radical (unpaired) electrons. The van der Waals surface area contributed by atoms with Crippen molar-refractivity contribution < 1.29 is 4.79 Å². The van der Waals surface area contributed by atoms with E-state index in [1.807, 2.05) is 12.1 Å². The quantitative estimate of drug-likeness (QED) is 0.735. The van der Waals surface area contributed by atoms with Crippen LogP contribution in [0.2, 0.25) is 10.0 Å². The van der Waals surface area contributed by atoms with Crippen LogP contribution in [0.5, 0.6) is 0 Å². The van der Waals surface area contributed by atoms with Crippen molar-refractivity contribution in [2.75, 3.05) is 0 Å². The molecule has 0 saturated carbocycles. The first kappa shape index (κ1) is 13.0. The normalized spacial score (nSPS) is 20.8. The monoisotopic (exact) mass is 292 g/mol. The van der Waals surface area contributed by atoms with E-state index in [1.54, 1.807) is 6.08 Å². The van der Waals surface area contributed by atoms with E-state index in [9.17, 15) is 4.79 Å². The number of halogens is 2. The molecule has 0 saturated heterocycles. The van der Waals surface area contributed by atoms with Crippen LogP contribution in [0.3, 0.4) is 0 Å². The molecule has 0 aliphatic heterocycles. The summed E-state index contributed by atoms with van der Waals surface area (Å²) in [5, 5.41) is 1.13. The van der Waals surface area contributed by atoms with E-state index in [0.29, 0.717) is 22.4 Å². The van der Waals surface area contributed by atoms with Crippen molar-refractivity contribution in [3.05, 3.63) is 51.0 Å². The highest BCUT2D eigenvalue weighted by atomic mass is 35.5. The number of rotatable bonds is 2. The molecule has 1 nitrogen and oxygen atoms in total. The Morgan fingerprint density at radius 2 is 2.11 bits per heavy atom. The topological polar surface area (TPSA) is 17.1 Å². The number of carbonyl (C=O) groups is 1. The van der Waals surface area contributed by atoms with Crippen molar-refractivity contribution in [2.24, 2.45) is 0 Å². The standard InChI is InChI=1S/C16H14Cl2O/c1-2-3-10-11-5-4-9(19)8-13(11)15-12(10)6-7-14(17)16(15)18/h5-8,10H,2-4H2,1H3. The van der Waals surface area contributed by atoms with E-state index in [-0.39, 0.29) is 5.78 Å². The summed E-state index contributed by atoms with van der Waals surface area (Å²) in [6, 6.07) is 3.90. The third-order valence-electron chi connectivity index (χ3n) is 3.86. The minimum Gasteiger partial charge on any atom is -0.294 e. The van der Waals surface area contributed by atoms with Gasteiger partial charge < -0.3 is 0 Å². The molecule has 1 aromatic carbocycles. The molecule has 3 heteroatoms. The molecule has 0 aromatic heterocycles. The van der Waals surface area contributed by atoms with Crippen LogP contribution in [0.1, 0.15) is 43.2 Å². The molecule has 0 fully saturated rings. The second kappa shape index (κ2) is 4.81. The van der Waals surface area contributed by atoms with E-state index in [2.05, 4.69) is 13.0 Å². The van der Waals surface area contributed by atoms with Crippen LogP contribution in [0.25, 0.3) is 5.57 Å². The van der Waals surface area contributed by atoms with Gasteiger partial charge in [0.05, 0.1) is 10.0 Å². The fourth-order valence-corrected chi connectivity index (χ4v) is 3.50. The zero-order valence-corrected chi connectivity index (χ0v) is 12.2. The number of hydrogen-bond donors (Lipinski definition) is 0. The van der Waals surface area contributed by atoms with Gasteiger partial charge in [0, 0.05) is 17.9 Å². The van der Waals surface area contributed by atoms with Crippen molar-refractivity contribution in [1.29, 1.82) is 0 Å². The van der Waals surface area contributed by atoms with Gasteiger partial charge in [0.15, 0.2) is 5.78 Å². The fraction of sp³-hybridized carbons (Fsp3) is 0.312. The highest BCUT2D eigenvalue weighted by Crippen LogP contribution is 2.52. The maximum Gasteiger partial charge on any atom is 0.160 e. The maximum absolute atomic E-state index is 11.7. The predicted octanol–water partition coefficient (Wildman–Crippen LogP) is 5.17. The molecule has 1 aromatic rings. The van der Waals surface area contributed by atoms with Gasteiger partial charge in [-0.1, -0.05) is 48.7 Å². The van der Waals surface area contributed by atoms with Crippen LogP contribution in [0, 0.1) is 0 Å². The minimum atomic E-state index is 0.137. The first-order valence-electron chi connectivity index (χ1n) is 6.56. The Morgan fingerprint density at radius 3 is 2.84 bits per heavy atom. The summed E-state index contributed by atoms with van der Waals surface area (Å²) in [4.78, 5) is 11.7. The van der Waals surface area contributed by atoms with Gasteiger partial charge in [-0.05, 0) is 35.3 Å². The van der Waals surface area contributed by atoms with Gasteiger partial charge >= 0.3 is 0 Å². The highest BCUT2D eigenvalue weighted by molar-refractivity contribution is 6.43. The van der Waals surface area contributed by atoms with Crippen LogP contribution in [0.15, 0.2) is 29.9 Å². The van der Waals surface area contributed by atoms with Gasteiger partial charge in [-0.3, -0.25) is 4.79 Å². The third-order valence-corrected chi connectivity index (χ3v) is 4.67. The molecule has 2 aliphatic rings. The summed E-state index contributed by atoms with van der Waals surface area (Å²) in [5.41, 5.74) is 4.41. The van der Waals surface area contributed by atoms with Crippen molar-refractivity contribution in [3.63, 3.8) is 0 Å². The molecular weight excluding hydrogens is 279 g/mol. The first-order chi connectivity index (χ1) is 9.13. The van der Waals surface area contributed by atoms with Gasteiger partial charge in [-0.15, -0.1) is 0 Å². The third kappa shape index (κ3) is 1.96. The zero-order valence-electron chi connectivity index (χ0n) is 10.7. The molecule has 1 unspecified atom stereocenters. The average molecular weight is 293 g/mol. The minimum absolute atomic E-state index is 0.137. The largest absolute Gasteiger partial charge is 0.294 e. The maximum atomic E-state index is 11.7. The molecular formula is C16H14Cl2O. The number of hydrogen-bond acceptors (Lipinski definition) is 1. The highest BCUT2D eigenvalue weighted by Gasteiger charge is 2.34. The molecule has 0 N–H and O–H groups in total. The Hall–Kier alpha value is -1.05. The molecule has 1 atom stereocenters. The van der Waals surface area contributed by atoms with E-state index in [4.69, 9.17) is 23.2 Å². The fourth-order valence-electron chi connectivity index (χ4n) is 3.07. The Bertz CT molecular complexity index is 626. The smallest absolute Gasteiger partial charge is 0.160 e. The lowest BCUT2D eigenvalue weighted by Gasteiger charge is -2.14. The Kier molecular flexibility index (Phi) is 3.28. The molecule has 19 heavy (non-hydrogen) atoms. The van der Waals surface area contributed by atoms with E-state index < -0.39 is 0 Å². The van der Waals surface area contributed by atoms with Crippen LogP contribution in [-0.2, 0) is 4.79 Å². The van der Waals surface area contributed by atoms with Crippen molar-refractivity contribution in [2.45, 2.75) is 32.1 Å². The molecule has 2 aliphatic carbocycles. The molecule has 0 spiro atoms. The van der Waals surface area contributed by atoms with Crippen molar-refractivity contribution in [1.82, 2.24) is 0 Å². The second-order valence-corrected chi connectivity index (χ2v) is 5.84.